The zero-order valence-electron chi connectivity index (χ0n) is 14.2. The van der Waals surface area contributed by atoms with Crippen molar-refractivity contribution >= 4 is 11.3 Å². The molecule has 0 fully saturated rings. The van der Waals surface area contributed by atoms with Gasteiger partial charge in [0, 0.05) is 36.3 Å². The first-order valence-electron chi connectivity index (χ1n) is 8.14. The van der Waals surface area contributed by atoms with E-state index in [1.165, 1.54) is 21.6 Å². The van der Waals surface area contributed by atoms with Gasteiger partial charge >= 0.3 is 0 Å². The van der Waals surface area contributed by atoms with Gasteiger partial charge in [-0.05, 0) is 25.2 Å². The van der Waals surface area contributed by atoms with Gasteiger partial charge in [0.25, 0.3) is 0 Å². The minimum Gasteiger partial charge on any atom is -0.308 e. The molecular formula is C20H23N3S. The van der Waals surface area contributed by atoms with Gasteiger partial charge in [-0.15, -0.1) is 11.3 Å². The van der Waals surface area contributed by atoms with Crippen LogP contribution in [0.2, 0.25) is 0 Å². The number of nitrogens with zero attached hydrogens (tertiary/aromatic N) is 2. The maximum atomic E-state index is 4.53. The minimum atomic E-state index is 0.850. The normalized spacial score (nSPS) is 11.1. The van der Waals surface area contributed by atoms with Crippen molar-refractivity contribution in [1.29, 1.82) is 0 Å². The summed E-state index contributed by atoms with van der Waals surface area (Å²) in [6.07, 6.45) is 1.97. The summed E-state index contributed by atoms with van der Waals surface area (Å²) >= 11 is 1.75. The SMILES string of the molecule is CN(C)Cc1cccc(CNCc2cnc(-c3ccccc3)s2)c1. The second-order valence-corrected chi connectivity index (χ2v) is 7.27. The molecule has 0 atom stereocenters. The van der Waals surface area contributed by atoms with Crippen LogP contribution in [0.3, 0.4) is 0 Å². The maximum Gasteiger partial charge on any atom is 0.123 e. The fourth-order valence-electron chi connectivity index (χ4n) is 2.64. The average molecular weight is 337 g/mol. The van der Waals surface area contributed by atoms with Gasteiger partial charge in [-0.3, -0.25) is 0 Å². The first-order valence-corrected chi connectivity index (χ1v) is 8.96. The molecule has 0 aliphatic carbocycles. The highest BCUT2D eigenvalue weighted by Gasteiger charge is 2.04. The van der Waals surface area contributed by atoms with Crippen molar-refractivity contribution in [1.82, 2.24) is 15.2 Å². The Labute approximate surface area is 148 Å². The molecule has 0 saturated carbocycles. The predicted octanol–water partition coefficient (Wildman–Crippen LogP) is 4.16. The Bertz CT molecular complexity index is 765. The molecule has 3 aromatic rings. The van der Waals surface area contributed by atoms with Crippen molar-refractivity contribution in [2.24, 2.45) is 0 Å². The molecule has 0 unspecified atom stereocenters. The van der Waals surface area contributed by atoms with E-state index in [9.17, 15) is 0 Å². The highest BCUT2D eigenvalue weighted by Crippen LogP contribution is 2.24. The summed E-state index contributed by atoms with van der Waals surface area (Å²) in [5.41, 5.74) is 3.86. The van der Waals surface area contributed by atoms with Crippen LogP contribution in [0, 0.1) is 0 Å². The molecule has 0 bridgehead atoms. The summed E-state index contributed by atoms with van der Waals surface area (Å²) in [5, 5.41) is 4.60. The van der Waals surface area contributed by atoms with Gasteiger partial charge in [-0.25, -0.2) is 4.98 Å². The lowest BCUT2D eigenvalue weighted by molar-refractivity contribution is 0.402. The summed E-state index contributed by atoms with van der Waals surface area (Å²) in [5.74, 6) is 0. The van der Waals surface area contributed by atoms with Crippen LogP contribution in [0.5, 0.6) is 0 Å². The Kier molecular flexibility index (Phi) is 5.75. The molecule has 0 aliphatic heterocycles. The van der Waals surface area contributed by atoms with E-state index < -0.39 is 0 Å². The highest BCUT2D eigenvalue weighted by molar-refractivity contribution is 7.15. The summed E-state index contributed by atoms with van der Waals surface area (Å²) in [6.45, 7) is 2.70. The van der Waals surface area contributed by atoms with Crippen molar-refractivity contribution in [2.75, 3.05) is 14.1 Å². The van der Waals surface area contributed by atoms with E-state index in [-0.39, 0.29) is 0 Å². The van der Waals surface area contributed by atoms with Gasteiger partial charge in [0.2, 0.25) is 0 Å². The molecule has 0 saturated heterocycles. The Hall–Kier alpha value is -2.01. The van der Waals surface area contributed by atoms with Gasteiger partial charge in [0.05, 0.1) is 0 Å². The first kappa shape index (κ1) is 16.8. The van der Waals surface area contributed by atoms with E-state index in [4.69, 9.17) is 0 Å². The number of hydrogen-bond donors (Lipinski definition) is 1. The summed E-state index contributed by atoms with van der Waals surface area (Å²) in [7, 11) is 4.19. The summed E-state index contributed by atoms with van der Waals surface area (Å²) < 4.78 is 0. The molecule has 24 heavy (non-hydrogen) atoms. The third-order valence-electron chi connectivity index (χ3n) is 3.69. The van der Waals surface area contributed by atoms with E-state index in [2.05, 4.69) is 77.8 Å². The van der Waals surface area contributed by atoms with E-state index in [0.29, 0.717) is 0 Å². The van der Waals surface area contributed by atoms with Crippen LogP contribution in [0.15, 0.2) is 60.8 Å². The third-order valence-corrected chi connectivity index (χ3v) is 4.74. The molecule has 4 heteroatoms. The van der Waals surface area contributed by atoms with E-state index >= 15 is 0 Å². The van der Waals surface area contributed by atoms with Crippen LogP contribution in [0.4, 0.5) is 0 Å². The smallest absolute Gasteiger partial charge is 0.123 e. The Balaban J connectivity index is 1.54. The topological polar surface area (TPSA) is 28.2 Å². The molecule has 0 aliphatic rings. The molecule has 3 rings (SSSR count). The molecule has 0 radical (unpaired) electrons. The van der Waals surface area contributed by atoms with Crippen molar-refractivity contribution in [3.63, 3.8) is 0 Å². The van der Waals surface area contributed by atoms with Crippen LogP contribution in [-0.2, 0) is 19.6 Å². The van der Waals surface area contributed by atoms with Crippen LogP contribution in [-0.4, -0.2) is 24.0 Å². The lowest BCUT2D eigenvalue weighted by atomic mass is 10.1. The van der Waals surface area contributed by atoms with Gasteiger partial charge in [0.15, 0.2) is 0 Å². The van der Waals surface area contributed by atoms with Gasteiger partial charge in [-0.2, -0.15) is 0 Å². The fraction of sp³-hybridized carbons (Fsp3) is 0.250. The number of benzene rings is 2. The minimum absolute atomic E-state index is 0.850. The Morgan fingerprint density at radius 2 is 1.75 bits per heavy atom. The quantitative estimate of drug-likeness (QED) is 0.701. The maximum absolute atomic E-state index is 4.53. The Morgan fingerprint density at radius 3 is 2.54 bits per heavy atom. The number of thiazole rings is 1. The summed E-state index contributed by atoms with van der Waals surface area (Å²) in [4.78, 5) is 7.98. The zero-order valence-corrected chi connectivity index (χ0v) is 15.0. The number of nitrogens with one attached hydrogen (secondary N) is 1. The van der Waals surface area contributed by atoms with Crippen LogP contribution >= 0.6 is 11.3 Å². The third kappa shape index (κ3) is 4.74. The lowest BCUT2D eigenvalue weighted by Gasteiger charge is -2.11. The Morgan fingerprint density at radius 1 is 0.958 bits per heavy atom. The van der Waals surface area contributed by atoms with Crippen LogP contribution in [0.25, 0.3) is 10.6 Å². The monoisotopic (exact) mass is 337 g/mol. The molecule has 1 aromatic heterocycles. The molecular weight excluding hydrogens is 314 g/mol. The van der Waals surface area contributed by atoms with Crippen molar-refractivity contribution in [3.05, 3.63) is 76.8 Å². The van der Waals surface area contributed by atoms with Crippen molar-refractivity contribution in [2.45, 2.75) is 19.6 Å². The van der Waals surface area contributed by atoms with E-state index in [1.807, 2.05) is 12.3 Å². The molecule has 0 amide bonds. The zero-order chi connectivity index (χ0) is 16.8. The highest BCUT2D eigenvalue weighted by atomic mass is 32.1. The fourth-order valence-corrected chi connectivity index (χ4v) is 3.52. The molecule has 3 nitrogen and oxygen atoms in total. The number of hydrogen-bond acceptors (Lipinski definition) is 4. The average Bonchev–Trinajstić information content (AvgIpc) is 3.04. The van der Waals surface area contributed by atoms with Crippen LogP contribution < -0.4 is 5.32 Å². The van der Waals surface area contributed by atoms with Gasteiger partial charge in [-0.1, -0.05) is 54.6 Å². The van der Waals surface area contributed by atoms with E-state index in [1.54, 1.807) is 11.3 Å². The second kappa shape index (κ2) is 8.20. The number of aromatic nitrogens is 1. The molecule has 1 N–H and O–H groups in total. The standard InChI is InChI=1S/C20H23N3S/c1-23(2)15-17-8-6-7-16(11-17)12-21-13-19-14-22-20(24-19)18-9-4-3-5-10-18/h3-11,14,21H,12-13,15H2,1-2H3. The lowest BCUT2D eigenvalue weighted by Crippen LogP contribution is -2.13. The summed E-state index contributed by atoms with van der Waals surface area (Å²) in [6, 6.07) is 19.1. The molecule has 0 spiro atoms. The number of rotatable bonds is 7. The molecule has 2 aromatic carbocycles. The van der Waals surface area contributed by atoms with Gasteiger partial charge < -0.3 is 10.2 Å². The van der Waals surface area contributed by atoms with E-state index in [0.717, 1.165) is 24.6 Å². The largest absolute Gasteiger partial charge is 0.308 e. The molecule has 1 heterocycles. The van der Waals surface area contributed by atoms with Crippen molar-refractivity contribution < 1.29 is 0 Å². The van der Waals surface area contributed by atoms with Crippen LogP contribution in [0.1, 0.15) is 16.0 Å². The molecule has 124 valence electrons. The predicted molar refractivity (Wildman–Crippen MR) is 102 cm³/mol. The van der Waals surface area contributed by atoms with Gasteiger partial charge in [0.1, 0.15) is 5.01 Å². The first-order chi connectivity index (χ1) is 11.7. The second-order valence-electron chi connectivity index (χ2n) is 6.16. The van der Waals surface area contributed by atoms with Crippen molar-refractivity contribution in [3.8, 4) is 10.6 Å².